The Labute approximate surface area is 117 Å². The molecule has 1 aromatic carbocycles. The lowest BCUT2D eigenvalue weighted by molar-refractivity contribution is -0.143. The largest absolute Gasteiger partial charge is 0.504 e. The molecular weight excluding hydrogens is 268 g/mol. The summed E-state index contributed by atoms with van der Waals surface area (Å²) in [6.45, 7) is 1.77. The zero-order valence-electron chi connectivity index (χ0n) is 11.0. The molecule has 2 N–H and O–H groups in total. The van der Waals surface area contributed by atoms with E-state index in [0.29, 0.717) is 29.0 Å². The predicted octanol–water partition coefficient (Wildman–Crippen LogP) is 3.26. The lowest BCUT2D eigenvalue weighted by Gasteiger charge is -2.29. The third kappa shape index (κ3) is 2.04. The number of phenols is 1. The first-order valence-electron chi connectivity index (χ1n) is 6.24. The van der Waals surface area contributed by atoms with Gasteiger partial charge in [-0.1, -0.05) is 24.4 Å². The Hall–Kier alpha value is -1.42. The molecule has 0 heterocycles. The molecule has 0 unspecified atom stereocenters. The van der Waals surface area contributed by atoms with Crippen molar-refractivity contribution in [1.82, 2.24) is 0 Å². The molecule has 5 heteroatoms. The highest BCUT2D eigenvalue weighted by molar-refractivity contribution is 6.31. The van der Waals surface area contributed by atoms with Crippen molar-refractivity contribution in [1.29, 1.82) is 0 Å². The summed E-state index contributed by atoms with van der Waals surface area (Å²) in [6.07, 6.45) is 2.78. The summed E-state index contributed by atoms with van der Waals surface area (Å²) in [5.41, 5.74) is 0.184. The lowest BCUT2D eigenvalue weighted by Crippen LogP contribution is -2.34. The minimum Gasteiger partial charge on any atom is -0.504 e. The van der Waals surface area contributed by atoms with E-state index in [1.54, 1.807) is 6.92 Å². The van der Waals surface area contributed by atoms with E-state index in [1.165, 1.54) is 13.2 Å². The first-order valence-corrected chi connectivity index (χ1v) is 6.62. The number of aromatic hydroxyl groups is 1. The molecule has 1 aromatic rings. The van der Waals surface area contributed by atoms with Crippen LogP contribution in [0.4, 0.5) is 0 Å². The zero-order valence-corrected chi connectivity index (χ0v) is 11.8. The van der Waals surface area contributed by atoms with Gasteiger partial charge in [-0.2, -0.15) is 0 Å². The average molecular weight is 285 g/mol. The van der Waals surface area contributed by atoms with Gasteiger partial charge in [0.25, 0.3) is 0 Å². The van der Waals surface area contributed by atoms with E-state index in [4.69, 9.17) is 16.3 Å². The number of hydrogen-bond donors (Lipinski definition) is 2. The molecule has 0 aliphatic heterocycles. The third-order valence-corrected chi connectivity index (χ3v) is 4.40. The molecule has 0 aromatic heterocycles. The number of carboxylic acids is 1. The Morgan fingerprint density at radius 2 is 2.00 bits per heavy atom. The van der Waals surface area contributed by atoms with E-state index in [9.17, 15) is 15.0 Å². The van der Waals surface area contributed by atoms with Crippen LogP contribution in [0.2, 0.25) is 5.02 Å². The number of carboxylic acid groups (broad SMARTS) is 1. The standard InChI is InChI=1S/C14H17ClO4/c1-8-9(15)7-10(16)12(19-2)11(8)14(13(17)18)5-3-4-6-14/h7,16H,3-6H2,1-2H3,(H,17,18). The van der Waals surface area contributed by atoms with Gasteiger partial charge in [-0.3, -0.25) is 4.79 Å². The first-order chi connectivity index (χ1) is 8.94. The highest BCUT2D eigenvalue weighted by Crippen LogP contribution is 2.50. The highest BCUT2D eigenvalue weighted by atomic mass is 35.5. The third-order valence-electron chi connectivity index (χ3n) is 4.01. The van der Waals surface area contributed by atoms with Crippen LogP contribution in [0.1, 0.15) is 36.8 Å². The molecule has 1 aliphatic carbocycles. The Morgan fingerprint density at radius 1 is 1.42 bits per heavy atom. The van der Waals surface area contributed by atoms with Crippen LogP contribution in [0.25, 0.3) is 0 Å². The minimum atomic E-state index is -1.00. The molecular formula is C14H17ClO4. The average Bonchev–Trinajstić information content (AvgIpc) is 2.83. The SMILES string of the molecule is COc1c(O)cc(Cl)c(C)c1C1(C(=O)O)CCCC1. The second-order valence-electron chi connectivity index (χ2n) is 5.01. The van der Waals surface area contributed by atoms with Crippen LogP contribution in [0.5, 0.6) is 11.5 Å². The van der Waals surface area contributed by atoms with Crippen molar-refractivity contribution >= 4 is 17.6 Å². The maximum Gasteiger partial charge on any atom is 0.314 e. The van der Waals surface area contributed by atoms with E-state index in [2.05, 4.69) is 0 Å². The number of benzene rings is 1. The Kier molecular flexibility index (Phi) is 3.63. The van der Waals surface area contributed by atoms with Gasteiger partial charge in [0.1, 0.15) is 0 Å². The van der Waals surface area contributed by atoms with E-state index in [1.807, 2.05) is 0 Å². The lowest BCUT2D eigenvalue weighted by atomic mass is 9.76. The van der Waals surface area contributed by atoms with Crippen LogP contribution < -0.4 is 4.74 Å². The number of hydrogen-bond acceptors (Lipinski definition) is 3. The van der Waals surface area contributed by atoms with Crippen LogP contribution in [0.15, 0.2) is 6.07 Å². The Morgan fingerprint density at radius 3 is 2.47 bits per heavy atom. The molecule has 0 atom stereocenters. The summed E-state index contributed by atoms with van der Waals surface area (Å²) in [6, 6.07) is 1.39. The summed E-state index contributed by atoms with van der Waals surface area (Å²) >= 11 is 6.08. The summed E-state index contributed by atoms with van der Waals surface area (Å²) in [4.78, 5) is 11.8. The monoisotopic (exact) mass is 284 g/mol. The van der Waals surface area contributed by atoms with Crippen LogP contribution in [0.3, 0.4) is 0 Å². The van der Waals surface area contributed by atoms with Gasteiger partial charge in [-0.25, -0.2) is 0 Å². The molecule has 4 nitrogen and oxygen atoms in total. The fourth-order valence-electron chi connectivity index (χ4n) is 3.04. The summed E-state index contributed by atoms with van der Waals surface area (Å²) < 4.78 is 5.23. The number of phenolic OH excluding ortho intramolecular Hbond substituents is 1. The second-order valence-corrected chi connectivity index (χ2v) is 5.41. The van der Waals surface area contributed by atoms with E-state index in [-0.39, 0.29) is 11.5 Å². The number of halogens is 1. The van der Waals surface area contributed by atoms with Crippen molar-refractivity contribution in [2.45, 2.75) is 38.0 Å². The normalized spacial score (nSPS) is 17.4. The Balaban J connectivity index is 2.76. The van der Waals surface area contributed by atoms with Gasteiger partial charge in [0.2, 0.25) is 0 Å². The zero-order chi connectivity index (χ0) is 14.2. The number of rotatable bonds is 3. The fourth-order valence-corrected chi connectivity index (χ4v) is 3.24. The van der Waals surface area contributed by atoms with Crippen molar-refractivity contribution in [3.8, 4) is 11.5 Å². The number of ether oxygens (including phenoxy) is 1. The van der Waals surface area contributed by atoms with Gasteiger partial charge in [0.05, 0.1) is 12.5 Å². The van der Waals surface area contributed by atoms with Gasteiger partial charge in [-0.05, 0) is 25.3 Å². The predicted molar refractivity (Wildman–Crippen MR) is 72.2 cm³/mol. The van der Waals surface area contributed by atoms with E-state index >= 15 is 0 Å². The molecule has 0 amide bonds. The fraction of sp³-hybridized carbons (Fsp3) is 0.500. The highest BCUT2D eigenvalue weighted by Gasteiger charge is 2.46. The maximum absolute atomic E-state index is 11.8. The van der Waals surface area contributed by atoms with Crippen molar-refractivity contribution < 1.29 is 19.7 Å². The quantitative estimate of drug-likeness (QED) is 0.894. The molecule has 1 fully saturated rings. The van der Waals surface area contributed by atoms with Crippen LogP contribution >= 0.6 is 11.6 Å². The van der Waals surface area contributed by atoms with Gasteiger partial charge in [-0.15, -0.1) is 0 Å². The number of carbonyl (C=O) groups is 1. The van der Waals surface area contributed by atoms with Crippen LogP contribution in [-0.4, -0.2) is 23.3 Å². The van der Waals surface area contributed by atoms with Crippen molar-refractivity contribution in [2.24, 2.45) is 0 Å². The molecule has 19 heavy (non-hydrogen) atoms. The van der Waals surface area contributed by atoms with E-state index < -0.39 is 11.4 Å². The van der Waals surface area contributed by atoms with Crippen molar-refractivity contribution in [3.05, 3.63) is 22.2 Å². The molecule has 1 aliphatic rings. The molecule has 1 saturated carbocycles. The van der Waals surface area contributed by atoms with Crippen LogP contribution in [-0.2, 0) is 10.2 Å². The van der Waals surface area contributed by atoms with E-state index in [0.717, 1.165) is 12.8 Å². The first kappa shape index (κ1) is 14.0. The molecule has 0 radical (unpaired) electrons. The molecule has 104 valence electrons. The topological polar surface area (TPSA) is 66.8 Å². The minimum absolute atomic E-state index is 0.111. The van der Waals surface area contributed by atoms with Crippen molar-refractivity contribution in [2.75, 3.05) is 7.11 Å². The number of aliphatic carboxylic acids is 1. The smallest absolute Gasteiger partial charge is 0.314 e. The maximum atomic E-state index is 11.8. The Bertz CT molecular complexity index is 519. The van der Waals surface area contributed by atoms with Gasteiger partial charge in [0, 0.05) is 16.7 Å². The molecule has 2 rings (SSSR count). The summed E-state index contributed by atoms with van der Waals surface area (Å²) in [7, 11) is 1.43. The summed E-state index contributed by atoms with van der Waals surface area (Å²) in [5.74, 6) is -0.764. The molecule has 0 bridgehead atoms. The summed E-state index contributed by atoms with van der Waals surface area (Å²) in [5, 5.41) is 20.0. The molecule has 0 spiro atoms. The van der Waals surface area contributed by atoms with Gasteiger partial charge in [0.15, 0.2) is 11.5 Å². The van der Waals surface area contributed by atoms with Crippen molar-refractivity contribution in [3.63, 3.8) is 0 Å². The van der Waals surface area contributed by atoms with Gasteiger partial charge >= 0.3 is 5.97 Å². The van der Waals surface area contributed by atoms with Crippen LogP contribution in [0, 0.1) is 6.92 Å². The molecule has 0 saturated heterocycles. The number of methoxy groups -OCH3 is 1. The van der Waals surface area contributed by atoms with Gasteiger partial charge < -0.3 is 14.9 Å². The second kappa shape index (κ2) is 4.93.